The van der Waals surface area contributed by atoms with Crippen molar-refractivity contribution in [2.45, 2.75) is 6.42 Å². The molecule has 0 aliphatic rings. The van der Waals surface area contributed by atoms with E-state index in [1.54, 1.807) is 7.11 Å². The zero-order valence-corrected chi connectivity index (χ0v) is 15.1. The molecule has 4 aromatic rings. The largest absolute Gasteiger partial charge is 0.497 e. The van der Waals surface area contributed by atoms with Gasteiger partial charge in [-0.1, -0.05) is 66.7 Å². The zero-order valence-electron chi connectivity index (χ0n) is 15.1. The zero-order chi connectivity index (χ0) is 18.6. The molecule has 0 N–H and O–H groups in total. The summed E-state index contributed by atoms with van der Waals surface area (Å²) in [6.45, 7) is 0. The van der Waals surface area contributed by atoms with Gasteiger partial charge in [0.2, 0.25) is 0 Å². The molecule has 4 rings (SSSR count). The summed E-state index contributed by atoms with van der Waals surface area (Å²) in [5, 5.41) is 14.5. The number of nitrogens with zero attached hydrogens (tertiary/aromatic N) is 1. The Labute approximate surface area is 158 Å². The highest BCUT2D eigenvalue weighted by atomic mass is 16.5. The molecule has 0 amide bonds. The third kappa shape index (κ3) is 3.41. The number of nitriles is 1. The molecule has 0 aromatic heterocycles. The van der Waals surface area contributed by atoms with Crippen LogP contribution in [-0.2, 0) is 6.42 Å². The van der Waals surface area contributed by atoms with Crippen LogP contribution in [0.15, 0.2) is 84.4 Å². The van der Waals surface area contributed by atoms with E-state index in [0.717, 1.165) is 22.4 Å². The minimum atomic E-state index is 0.599. The Kier molecular flexibility index (Phi) is 4.60. The van der Waals surface area contributed by atoms with Gasteiger partial charge < -0.3 is 4.74 Å². The number of hydrogen-bond donors (Lipinski definition) is 0. The fourth-order valence-corrected chi connectivity index (χ4v) is 3.48. The molecule has 2 heteroatoms. The molecule has 0 atom stereocenters. The lowest BCUT2D eigenvalue weighted by molar-refractivity contribution is 0.414. The van der Waals surface area contributed by atoms with Crippen molar-refractivity contribution in [3.63, 3.8) is 0 Å². The molecule has 0 aliphatic heterocycles. The first-order valence-corrected chi connectivity index (χ1v) is 8.92. The number of ether oxygens (including phenoxy) is 1. The molecule has 0 fully saturated rings. The van der Waals surface area contributed by atoms with Crippen molar-refractivity contribution in [3.05, 3.63) is 95.6 Å². The molecular weight excluding hydrogens is 330 g/mol. The second-order valence-corrected chi connectivity index (χ2v) is 6.54. The van der Waals surface area contributed by atoms with Crippen molar-refractivity contribution >= 4 is 27.6 Å². The van der Waals surface area contributed by atoms with E-state index in [4.69, 9.17) is 4.74 Å². The number of fused-ring (bicyclic) bond motifs is 3. The lowest BCUT2D eigenvalue weighted by Gasteiger charge is -2.08. The highest BCUT2D eigenvalue weighted by Crippen LogP contribution is 2.30. The maximum Gasteiger partial charge on any atom is 0.118 e. The summed E-state index contributed by atoms with van der Waals surface area (Å²) in [6.07, 6.45) is 2.61. The SMILES string of the molecule is COc1ccc(C/C(C#N)=C/c2cccc3ccc4ccccc4c23)cc1. The number of methoxy groups -OCH3 is 1. The predicted molar refractivity (Wildman–Crippen MR) is 112 cm³/mol. The van der Waals surface area contributed by atoms with E-state index in [9.17, 15) is 5.26 Å². The topological polar surface area (TPSA) is 33.0 Å². The van der Waals surface area contributed by atoms with Crippen LogP contribution in [0.4, 0.5) is 0 Å². The lowest BCUT2D eigenvalue weighted by Crippen LogP contribution is -1.90. The summed E-state index contributed by atoms with van der Waals surface area (Å²) in [5.41, 5.74) is 2.91. The Morgan fingerprint density at radius 2 is 1.63 bits per heavy atom. The summed E-state index contributed by atoms with van der Waals surface area (Å²) in [4.78, 5) is 0. The molecule has 0 saturated carbocycles. The number of allylic oxidation sites excluding steroid dienone is 1. The van der Waals surface area contributed by atoms with Crippen LogP contribution in [0.1, 0.15) is 11.1 Å². The number of hydrogen-bond acceptors (Lipinski definition) is 2. The standard InChI is InChI=1S/C25H19NO/c1-27-23-13-9-18(10-14-23)15-19(17-26)16-22-7-4-6-21-12-11-20-5-2-3-8-24(20)25(21)22/h2-14,16H,15H2,1H3/b19-16-. The van der Waals surface area contributed by atoms with Crippen molar-refractivity contribution in [2.24, 2.45) is 0 Å². The molecule has 130 valence electrons. The minimum absolute atomic E-state index is 0.599. The molecule has 0 heterocycles. The second-order valence-electron chi connectivity index (χ2n) is 6.54. The molecule has 2 nitrogen and oxygen atoms in total. The van der Waals surface area contributed by atoms with Crippen molar-refractivity contribution in [3.8, 4) is 11.8 Å². The normalized spacial score (nSPS) is 11.5. The van der Waals surface area contributed by atoms with Crippen molar-refractivity contribution in [1.29, 1.82) is 5.26 Å². The Bertz CT molecular complexity index is 1180. The van der Waals surface area contributed by atoms with Crippen molar-refractivity contribution in [1.82, 2.24) is 0 Å². The maximum absolute atomic E-state index is 9.69. The van der Waals surface area contributed by atoms with Crippen LogP contribution in [0.2, 0.25) is 0 Å². The van der Waals surface area contributed by atoms with Gasteiger partial charge >= 0.3 is 0 Å². The average Bonchev–Trinajstić information content (AvgIpc) is 2.73. The Hall–Kier alpha value is -3.57. The van der Waals surface area contributed by atoms with Gasteiger partial charge in [-0.05, 0) is 50.9 Å². The number of benzene rings is 4. The summed E-state index contributed by atoms with van der Waals surface area (Å²) in [5.74, 6) is 0.821. The maximum atomic E-state index is 9.69. The molecule has 0 saturated heterocycles. The van der Waals surface area contributed by atoms with Gasteiger partial charge in [-0.25, -0.2) is 0 Å². The van der Waals surface area contributed by atoms with Crippen LogP contribution < -0.4 is 4.74 Å². The van der Waals surface area contributed by atoms with Gasteiger partial charge in [0.1, 0.15) is 5.75 Å². The summed E-state index contributed by atoms with van der Waals surface area (Å²) in [7, 11) is 1.65. The van der Waals surface area contributed by atoms with Crippen LogP contribution >= 0.6 is 0 Å². The van der Waals surface area contributed by atoms with Crippen LogP contribution in [0, 0.1) is 11.3 Å². The summed E-state index contributed by atoms with van der Waals surface area (Å²) < 4.78 is 5.21. The van der Waals surface area contributed by atoms with E-state index >= 15 is 0 Å². The predicted octanol–water partition coefficient (Wildman–Crippen LogP) is 6.15. The van der Waals surface area contributed by atoms with Gasteiger partial charge in [0.05, 0.1) is 13.2 Å². The van der Waals surface area contributed by atoms with Gasteiger partial charge in [0.25, 0.3) is 0 Å². The van der Waals surface area contributed by atoms with E-state index in [0.29, 0.717) is 6.42 Å². The van der Waals surface area contributed by atoms with E-state index in [1.807, 2.05) is 36.4 Å². The fourth-order valence-electron chi connectivity index (χ4n) is 3.48. The van der Waals surface area contributed by atoms with Gasteiger partial charge in [0.15, 0.2) is 0 Å². The third-order valence-corrected chi connectivity index (χ3v) is 4.83. The summed E-state index contributed by atoms with van der Waals surface area (Å²) in [6, 6.07) is 29.1. The molecule has 0 bridgehead atoms. The first-order chi connectivity index (χ1) is 13.3. The first kappa shape index (κ1) is 16.9. The Morgan fingerprint density at radius 3 is 2.41 bits per heavy atom. The summed E-state index contributed by atoms with van der Waals surface area (Å²) >= 11 is 0. The second kappa shape index (κ2) is 7.35. The van der Waals surface area contributed by atoms with Gasteiger partial charge in [-0.2, -0.15) is 5.26 Å². The smallest absolute Gasteiger partial charge is 0.118 e. The molecule has 0 spiro atoms. The highest BCUT2D eigenvalue weighted by Gasteiger charge is 2.06. The molecule has 0 unspecified atom stereocenters. The molecule has 0 radical (unpaired) electrons. The van der Waals surface area contributed by atoms with Crippen LogP contribution in [0.25, 0.3) is 27.6 Å². The Morgan fingerprint density at radius 1 is 0.889 bits per heavy atom. The van der Waals surface area contributed by atoms with E-state index in [1.165, 1.54) is 21.5 Å². The molecule has 4 aromatic carbocycles. The first-order valence-electron chi connectivity index (χ1n) is 8.92. The lowest BCUT2D eigenvalue weighted by atomic mass is 9.95. The number of rotatable bonds is 4. The molecular formula is C25H19NO. The van der Waals surface area contributed by atoms with Crippen LogP contribution in [0.3, 0.4) is 0 Å². The van der Waals surface area contributed by atoms with E-state index in [2.05, 4.69) is 54.6 Å². The third-order valence-electron chi connectivity index (χ3n) is 4.83. The van der Waals surface area contributed by atoms with Gasteiger partial charge in [-0.3, -0.25) is 0 Å². The average molecular weight is 349 g/mol. The minimum Gasteiger partial charge on any atom is -0.497 e. The molecule has 0 aliphatic carbocycles. The van der Waals surface area contributed by atoms with Crippen molar-refractivity contribution in [2.75, 3.05) is 7.11 Å². The van der Waals surface area contributed by atoms with Gasteiger partial charge in [-0.15, -0.1) is 0 Å². The van der Waals surface area contributed by atoms with E-state index < -0.39 is 0 Å². The Balaban J connectivity index is 1.80. The van der Waals surface area contributed by atoms with Crippen LogP contribution in [-0.4, -0.2) is 7.11 Å². The monoisotopic (exact) mass is 349 g/mol. The van der Waals surface area contributed by atoms with E-state index in [-0.39, 0.29) is 0 Å². The van der Waals surface area contributed by atoms with Crippen LogP contribution in [0.5, 0.6) is 5.75 Å². The fraction of sp³-hybridized carbons (Fsp3) is 0.0800. The highest BCUT2D eigenvalue weighted by molar-refractivity contribution is 6.11. The van der Waals surface area contributed by atoms with Gasteiger partial charge in [0, 0.05) is 12.0 Å². The quantitative estimate of drug-likeness (QED) is 0.327. The van der Waals surface area contributed by atoms with Crippen molar-refractivity contribution < 1.29 is 4.74 Å². The molecule has 27 heavy (non-hydrogen) atoms.